The second-order valence-corrected chi connectivity index (χ2v) is 6.13. The SMILES string of the molecule is Cc1cc(Br)ccc1-n1nnnc1C1CCCCC1. The van der Waals surface area contributed by atoms with Gasteiger partial charge in [-0.15, -0.1) is 5.10 Å². The number of rotatable bonds is 2. The Hall–Kier alpha value is -1.23. The monoisotopic (exact) mass is 320 g/mol. The number of tetrazole rings is 1. The number of benzene rings is 1. The van der Waals surface area contributed by atoms with Crippen molar-refractivity contribution in [3.8, 4) is 5.69 Å². The zero-order valence-corrected chi connectivity index (χ0v) is 12.6. The van der Waals surface area contributed by atoms with Gasteiger partial charge < -0.3 is 0 Å². The lowest BCUT2D eigenvalue weighted by atomic mass is 9.88. The van der Waals surface area contributed by atoms with Gasteiger partial charge in [0.1, 0.15) is 0 Å². The van der Waals surface area contributed by atoms with Gasteiger partial charge in [-0.3, -0.25) is 0 Å². The van der Waals surface area contributed by atoms with Gasteiger partial charge in [-0.25, -0.2) is 0 Å². The van der Waals surface area contributed by atoms with E-state index in [4.69, 9.17) is 0 Å². The molecule has 0 amide bonds. The van der Waals surface area contributed by atoms with Crippen LogP contribution in [0, 0.1) is 6.92 Å². The lowest BCUT2D eigenvalue weighted by Gasteiger charge is -2.20. The van der Waals surface area contributed by atoms with E-state index in [0.717, 1.165) is 16.0 Å². The average Bonchev–Trinajstić information content (AvgIpc) is 2.89. The first-order valence-electron chi connectivity index (χ1n) is 6.80. The summed E-state index contributed by atoms with van der Waals surface area (Å²) in [5.41, 5.74) is 2.26. The van der Waals surface area contributed by atoms with Gasteiger partial charge in [0.05, 0.1) is 5.69 Å². The molecule has 100 valence electrons. The van der Waals surface area contributed by atoms with Gasteiger partial charge in [-0.05, 0) is 54.0 Å². The minimum Gasteiger partial charge on any atom is -0.197 e. The Morgan fingerprint density at radius 2 is 2.00 bits per heavy atom. The zero-order valence-electron chi connectivity index (χ0n) is 11.0. The zero-order chi connectivity index (χ0) is 13.2. The molecule has 0 spiro atoms. The highest BCUT2D eigenvalue weighted by Gasteiger charge is 2.22. The lowest BCUT2D eigenvalue weighted by Crippen LogP contribution is -2.12. The molecule has 0 bridgehead atoms. The number of nitrogens with zero attached hydrogens (tertiary/aromatic N) is 4. The highest BCUT2D eigenvalue weighted by molar-refractivity contribution is 9.10. The Bertz CT molecular complexity index is 573. The van der Waals surface area contributed by atoms with Crippen molar-refractivity contribution in [1.29, 1.82) is 0 Å². The van der Waals surface area contributed by atoms with Crippen molar-refractivity contribution in [3.63, 3.8) is 0 Å². The first kappa shape index (κ1) is 12.8. The third kappa shape index (κ3) is 2.56. The van der Waals surface area contributed by atoms with E-state index in [1.165, 1.54) is 37.7 Å². The van der Waals surface area contributed by atoms with Crippen molar-refractivity contribution in [2.24, 2.45) is 0 Å². The standard InChI is InChI=1S/C14H17BrN4/c1-10-9-12(15)7-8-13(10)19-14(16-17-18-19)11-5-3-2-4-6-11/h7-9,11H,2-6H2,1H3. The molecule has 5 heteroatoms. The summed E-state index contributed by atoms with van der Waals surface area (Å²) < 4.78 is 3.00. The van der Waals surface area contributed by atoms with Crippen LogP contribution >= 0.6 is 15.9 Å². The molecule has 0 N–H and O–H groups in total. The minimum absolute atomic E-state index is 0.506. The van der Waals surface area contributed by atoms with Gasteiger partial charge in [0.2, 0.25) is 0 Å². The molecule has 0 atom stereocenters. The van der Waals surface area contributed by atoms with E-state index in [-0.39, 0.29) is 0 Å². The quantitative estimate of drug-likeness (QED) is 0.845. The molecule has 0 unspecified atom stereocenters. The molecule has 0 saturated heterocycles. The van der Waals surface area contributed by atoms with Crippen LogP contribution in [0.25, 0.3) is 5.69 Å². The van der Waals surface area contributed by atoms with Crippen molar-refractivity contribution in [2.75, 3.05) is 0 Å². The summed E-state index contributed by atoms with van der Waals surface area (Å²) in [4.78, 5) is 0. The molecule has 0 aliphatic heterocycles. The maximum atomic E-state index is 4.27. The van der Waals surface area contributed by atoms with E-state index in [1.54, 1.807) is 0 Å². The number of aromatic nitrogens is 4. The molecule has 1 aromatic heterocycles. The first-order chi connectivity index (χ1) is 9.25. The summed E-state index contributed by atoms with van der Waals surface area (Å²) in [6.07, 6.45) is 6.33. The van der Waals surface area contributed by atoms with Crippen molar-refractivity contribution in [3.05, 3.63) is 34.1 Å². The fraction of sp³-hybridized carbons (Fsp3) is 0.500. The Morgan fingerprint density at radius 3 is 2.74 bits per heavy atom. The van der Waals surface area contributed by atoms with Gasteiger partial charge in [0.15, 0.2) is 5.82 Å². The van der Waals surface area contributed by atoms with E-state index in [1.807, 2.05) is 10.7 Å². The normalized spacial score (nSPS) is 16.7. The molecule has 0 radical (unpaired) electrons. The number of hydrogen-bond acceptors (Lipinski definition) is 3. The second-order valence-electron chi connectivity index (χ2n) is 5.21. The Balaban J connectivity index is 1.99. The van der Waals surface area contributed by atoms with Crippen molar-refractivity contribution in [2.45, 2.75) is 44.9 Å². The summed E-state index contributed by atoms with van der Waals surface area (Å²) in [6, 6.07) is 6.21. The Labute approximate surface area is 121 Å². The number of halogens is 1. The highest BCUT2D eigenvalue weighted by atomic mass is 79.9. The molecule has 1 aliphatic carbocycles. The van der Waals surface area contributed by atoms with Gasteiger partial charge in [-0.1, -0.05) is 35.2 Å². The highest BCUT2D eigenvalue weighted by Crippen LogP contribution is 2.32. The van der Waals surface area contributed by atoms with Crippen molar-refractivity contribution >= 4 is 15.9 Å². The lowest BCUT2D eigenvalue weighted by molar-refractivity contribution is 0.422. The third-order valence-electron chi connectivity index (χ3n) is 3.85. The van der Waals surface area contributed by atoms with Gasteiger partial charge in [0.25, 0.3) is 0 Å². The van der Waals surface area contributed by atoms with Gasteiger partial charge in [0, 0.05) is 10.4 Å². The number of aryl methyl sites for hydroxylation is 1. The van der Waals surface area contributed by atoms with Crippen molar-refractivity contribution < 1.29 is 0 Å². The van der Waals surface area contributed by atoms with Crippen LogP contribution in [0.3, 0.4) is 0 Å². The molecular weight excluding hydrogens is 304 g/mol. The van der Waals surface area contributed by atoms with Gasteiger partial charge >= 0.3 is 0 Å². The maximum absolute atomic E-state index is 4.27. The Kier molecular flexibility index (Phi) is 3.64. The predicted octanol–water partition coefficient (Wildman–Crippen LogP) is 3.78. The first-order valence-corrected chi connectivity index (χ1v) is 7.60. The van der Waals surface area contributed by atoms with Crippen LogP contribution < -0.4 is 0 Å². The summed E-state index contributed by atoms with van der Waals surface area (Å²) in [7, 11) is 0. The van der Waals surface area contributed by atoms with E-state index >= 15 is 0 Å². The topological polar surface area (TPSA) is 43.6 Å². The minimum atomic E-state index is 0.506. The molecule has 1 saturated carbocycles. The summed E-state index contributed by atoms with van der Waals surface area (Å²) in [5, 5.41) is 12.4. The molecule has 2 aromatic rings. The van der Waals surface area contributed by atoms with E-state index in [2.05, 4.69) is 50.5 Å². The average molecular weight is 321 g/mol. The second kappa shape index (κ2) is 5.41. The Morgan fingerprint density at radius 1 is 1.21 bits per heavy atom. The number of hydrogen-bond donors (Lipinski definition) is 0. The van der Waals surface area contributed by atoms with Crippen LogP contribution in [0.5, 0.6) is 0 Å². The molecule has 1 fully saturated rings. The molecule has 19 heavy (non-hydrogen) atoms. The largest absolute Gasteiger partial charge is 0.197 e. The van der Waals surface area contributed by atoms with E-state index in [9.17, 15) is 0 Å². The van der Waals surface area contributed by atoms with Crippen LogP contribution in [0.4, 0.5) is 0 Å². The summed E-state index contributed by atoms with van der Waals surface area (Å²) in [6.45, 7) is 2.09. The van der Waals surface area contributed by atoms with E-state index < -0.39 is 0 Å². The van der Waals surface area contributed by atoms with Crippen LogP contribution in [-0.4, -0.2) is 20.2 Å². The van der Waals surface area contributed by atoms with Crippen molar-refractivity contribution in [1.82, 2.24) is 20.2 Å². The smallest absolute Gasteiger partial charge is 0.159 e. The van der Waals surface area contributed by atoms with Gasteiger partial charge in [-0.2, -0.15) is 4.68 Å². The molecular formula is C14H17BrN4. The van der Waals surface area contributed by atoms with E-state index in [0.29, 0.717) is 5.92 Å². The molecule has 1 aliphatic rings. The fourth-order valence-corrected chi connectivity index (χ4v) is 3.31. The van der Waals surface area contributed by atoms with Crippen LogP contribution in [0.2, 0.25) is 0 Å². The van der Waals surface area contributed by atoms with Crippen LogP contribution in [-0.2, 0) is 0 Å². The fourth-order valence-electron chi connectivity index (χ4n) is 2.84. The molecule has 4 nitrogen and oxygen atoms in total. The molecule has 3 rings (SSSR count). The third-order valence-corrected chi connectivity index (χ3v) is 4.34. The summed E-state index contributed by atoms with van der Waals surface area (Å²) in [5.74, 6) is 1.52. The summed E-state index contributed by atoms with van der Waals surface area (Å²) >= 11 is 3.49. The molecule has 1 heterocycles. The predicted molar refractivity (Wildman–Crippen MR) is 77.4 cm³/mol. The van der Waals surface area contributed by atoms with Crippen LogP contribution in [0.1, 0.15) is 49.4 Å². The maximum Gasteiger partial charge on any atom is 0.159 e. The molecule has 1 aromatic carbocycles. The van der Waals surface area contributed by atoms with Crippen LogP contribution in [0.15, 0.2) is 22.7 Å².